The van der Waals surface area contributed by atoms with Crippen molar-refractivity contribution in [2.24, 2.45) is 34.5 Å². The molecule has 34 heavy (non-hydrogen) atoms. The third-order valence-electron chi connectivity index (χ3n) is 9.64. The van der Waals surface area contributed by atoms with Gasteiger partial charge in [0.2, 0.25) is 0 Å². The van der Waals surface area contributed by atoms with Gasteiger partial charge in [-0.2, -0.15) is 4.73 Å². The summed E-state index contributed by atoms with van der Waals surface area (Å²) in [5.41, 5.74) is -1.60. The van der Waals surface area contributed by atoms with Crippen LogP contribution in [0.25, 0.3) is 0 Å². The van der Waals surface area contributed by atoms with Crippen LogP contribution in [0.3, 0.4) is 0 Å². The second-order valence-electron chi connectivity index (χ2n) is 11.2. The average molecular weight is 484 g/mol. The van der Waals surface area contributed by atoms with E-state index in [0.717, 1.165) is 41.3 Å². The summed E-state index contributed by atoms with van der Waals surface area (Å²) in [7, 11) is 0. The second-order valence-corrected chi connectivity index (χ2v) is 12.2. The predicted octanol–water partition coefficient (Wildman–Crippen LogP) is 3.24. The maximum Gasteiger partial charge on any atom is 0.251 e. The van der Waals surface area contributed by atoms with E-state index in [1.54, 1.807) is 30.4 Å². The summed E-state index contributed by atoms with van der Waals surface area (Å²) < 4.78 is 0.732. The van der Waals surface area contributed by atoms with Gasteiger partial charge in [-0.1, -0.05) is 32.4 Å². The molecule has 0 spiro atoms. The largest absolute Gasteiger partial charge is 0.618 e. The Hall–Kier alpha value is -1.96. The lowest BCUT2D eigenvalue weighted by Gasteiger charge is -2.59. The highest BCUT2D eigenvalue weighted by Gasteiger charge is 2.70. The van der Waals surface area contributed by atoms with Crippen molar-refractivity contribution >= 4 is 23.3 Å². The van der Waals surface area contributed by atoms with Gasteiger partial charge in [0.05, 0.1) is 11.9 Å². The van der Waals surface area contributed by atoms with Gasteiger partial charge in [-0.15, -0.1) is 0 Å². The molecule has 0 aliphatic heterocycles. The molecule has 1 aromatic heterocycles. The monoisotopic (exact) mass is 483 g/mol. The number of aliphatic hydroxyl groups excluding tert-OH is 1. The molecule has 3 fully saturated rings. The van der Waals surface area contributed by atoms with Crippen LogP contribution in [0.15, 0.2) is 53.2 Å². The Bertz CT molecular complexity index is 1100. The van der Waals surface area contributed by atoms with Gasteiger partial charge in [0.15, 0.2) is 17.8 Å². The molecule has 182 valence electrons. The van der Waals surface area contributed by atoms with Gasteiger partial charge in [-0.3, -0.25) is 9.59 Å². The summed E-state index contributed by atoms with van der Waals surface area (Å²) in [6.45, 7) is 6.04. The van der Waals surface area contributed by atoms with Gasteiger partial charge in [0.1, 0.15) is 5.60 Å². The van der Waals surface area contributed by atoms with E-state index < -0.39 is 17.1 Å². The van der Waals surface area contributed by atoms with Crippen LogP contribution in [0.5, 0.6) is 0 Å². The number of Topliss-reactive ketones (excluding diaryl/α,β-unsaturated/α-hetero) is 1. The van der Waals surface area contributed by atoms with Crippen LogP contribution in [0.4, 0.5) is 0 Å². The van der Waals surface area contributed by atoms with E-state index in [1.165, 1.54) is 6.20 Å². The fourth-order valence-electron chi connectivity index (χ4n) is 8.03. The van der Waals surface area contributed by atoms with Crippen LogP contribution in [0.1, 0.15) is 46.5 Å². The molecule has 6 nitrogen and oxygen atoms in total. The normalized spacial score (nSPS) is 43.0. The molecule has 0 bridgehead atoms. The average Bonchev–Trinajstić information content (AvgIpc) is 3.00. The van der Waals surface area contributed by atoms with E-state index in [9.17, 15) is 25.0 Å². The molecular weight excluding hydrogens is 450 g/mol. The molecule has 4 aliphatic carbocycles. The van der Waals surface area contributed by atoms with Crippen molar-refractivity contribution in [1.82, 2.24) is 0 Å². The minimum Gasteiger partial charge on any atom is -0.618 e. The van der Waals surface area contributed by atoms with E-state index in [4.69, 9.17) is 0 Å². The SMILES string of the molecule is C[C@@H]1CC2C3CCC4=CC(=O)C=CC4(C)C3C(O)CC2(C)[C@@]1(O)C(=O)CSc1cccc[n+]1[O-]. The van der Waals surface area contributed by atoms with Crippen molar-refractivity contribution in [2.75, 3.05) is 5.75 Å². The van der Waals surface area contributed by atoms with Crippen LogP contribution in [-0.4, -0.2) is 39.2 Å². The quantitative estimate of drug-likeness (QED) is 0.387. The zero-order valence-electron chi connectivity index (χ0n) is 19.9. The summed E-state index contributed by atoms with van der Waals surface area (Å²) in [5, 5.41) is 36.0. The molecule has 0 radical (unpaired) electrons. The number of aliphatic hydroxyl groups is 2. The van der Waals surface area contributed by atoms with E-state index in [0.29, 0.717) is 11.4 Å². The zero-order chi connectivity index (χ0) is 24.5. The van der Waals surface area contributed by atoms with E-state index in [2.05, 4.69) is 6.92 Å². The molecular formula is C27H33NO5S. The van der Waals surface area contributed by atoms with Crippen LogP contribution < -0.4 is 4.73 Å². The molecule has 1 aromatic rings. The van der Waals surface area contributed by atoms with E-state index in [1.807, 2.05) is 19.9 Å². The van der Waals surface area contributed by atoms with Gasteiger partial charge in [0, 0.05) is 28.9 Å². The number of nitrogens with zero attached hydrogens (tertiary/aromatic N) is 1. The number of rotatable bonds is 4. The summed E-state index contributed by atoms with van der Waals surface area (Å²) in [6, 6.07) is 5.06. The molecule has 2 N–H and O–H groups in total. The number of pyridine rings is 1. The summed E-state index contributed by atoms with van der Waals surface area (Å²) in [5.74, 6) is -0.289. The lowest BCUT2D eigenvalue weighted by Crippen LogP contribution is -2.62. The van der Waals surface area contributed by atoms with Crippen molar-refractivity contribution in [2.45, 2.75) is 63.2 Å². The van der Waals surface area contributed by atoms with Crippen LogP contribution in [0.2, 0.25) is 0 Å². The smallest absolute Gasteiger partial charge is 0.251 e. The summed E-state index contributed by atoms with van der Waals surface area (Å²) >= 11 is 1.15. The molecule has 0 saturated heterocycles. The number of fused-ring (bicyclic) bond motifs is 5. The highest BCUT2D eigenvalue weighted by atomic mass is 32.2. The molecule has 1 heterocycles. The molecule has 0 amide bonds. The van der Waals surface area contributed by atoms with Crippen LogP contribution in [-0.2, 0) is 9.59 Å². The van der Waals surface area contributed by atoms with Crippen LogP contribution in [0, 0.1) is 39.7 Å². The molecule has 0 aromatic carbocycles. The standard InChI is InChI=1S/C27H33NO5S/c1-16-12-20-19-8-7-17-13-18(29)9-10-25(17,2)24(19)21(30)14-26(20,3)27(16,32)22(31)15-34-23-6-4-5-11-28(23)33/h4-6,9-11,13,16,19-21,24,30,32H,7-8,12,14-15H2,1-3H3/t16-,19?,20?,21?,24?,25?,26?,27+/m1/s1. The van der Waals surface area contributed by atoms with Gasteiger partial charge < -0.3 is 15.4 Å². The van der Waals surface area contributed by atoms with Gasteiger partial charge in [-0.25, -0.2) is 0 Å². The van der Waals surface area contributed by atoms with Crippen molar-refractivity contribution in [1.29, 1.82) is 0 Å². The maximum absolute atomic E-state index is 13.6. The van der Waals surface area contributed by atoms with Gasteiger partial charge >= 0.3 is 0 Å². The molecule has 8 atom stereocenters. The number of carbonyl (C=O) groups excluding carboxylic acids is 2. The Balaban J connectivity index is 1.44. The van der Waals surface area contributed by atoms with Gasteiger partial charge in [-0.05, 0) is 73.4 Å². The number of thioether (sulfide) groups is 1. The van der Waals surface area contributed by atoms with Crippen molar-refractivity contribution in [3.05, 3.63) is 53.4 Å². The molecule has 5 rings (SSSR count). The van der Waals surface area contributed by atoms with E-state index >= 15 is 0 Å². The minimum absolute atomic E-state index is 0.00541. The summed E-state index contributed by atoms with van der Waals surface area (Å²) in [6.07, 6.45) is 8.73. The Morgan fingerprint density at radius 1 is 1.32 bits per heavy atom. The maximum atomic E-state index is 13.6. The number of carbonyl (C=O) groups is 2. The van der Waals surface area contributed by atoms with Crippen molar-refractivity contribution in [3.8, 4) is 0 Å². The fraction of sp³-hybridized carbons (Fsp3) is 0.593. The first-order chi connectivity index (χ1) is 16.0. The zero-order valence-corrected chi connectivity index (χ0v) is 20.8. The third kappa shape index (κ3) is 3.20. The number of aromatic nitrogens is 1. The Kier molecular flexibility index (Phi) is 5.62. The van der Waals surface area contributed by atoms with Crippen molar-refractivity contribution in [3.63, 3.8) is 0 Å². The lowest BCUT2D eigenvalue weighted by molar-refractivity contribution is -0.645. The molecule has 7 heteroatoms. The highest BCUT2D eigenvalue weighted by molar-refractivity contribution is 7.99. The first-order valence-corrected chi connectivity index (χ1v) is 13.2. The fourth-order valence-corrected chi connectivity index (χ4v) is 8.89. The molecule has 6 unspecified atom stereocenters. The molecule has 4 aliphatic rings. The number of hydrogen-bond acceptors (Lipinski definition) is 6. The third-order valence-corrected chi connectivity index (χ3v) is 10.7. The first kappa shape index (κ1) is 23.8. The Labute approximate surface area is 204 Å². The Morgan fingerprint density at radius 3 is 2.82 bits per heavy atom. The topological polar surface area (TPSA) is 102 Å². The number of allylic oxidation sites excluding steroid dienone is 4. The first-order valence-electron chi connectivity index (χ1n) is 12.2. The van der Waals surface area contributed by atoms with Crippen LogP contribution >= 0.6 is 11.8 Å². The van der Waals surface area contributed by atoms with E-state index in [-0.39, 0.29) is 46.4 Å². The predicted molar refractivity (Wildman–Crippen MR) is 129 cm³/mol. The number of hydrogen-bond donors (Lipinski definition) is 2. The lowest BCUT2D eigenvalue weighted by atomic mass is 9.46. The molecule has 3 saturated carbocycles. The highest BCUT2D eigenvalue weighted by Crippen LogP contribution is 2.68. The summed E-state index contributed by atoms with van der Waals surface area (Å²) in [4.78, 5) is 25.6. The Morgan fingerprint density at radius 2 is 2.09 bits per heavy atom. The van der Waals surface area contributed by atoms with Crippen molar-refractivity contribution < 1.29 is 24.5 Å². The van der Waals surface area contributed by atoms with Gasteiger partial charge in [0.25, 0.3) is 5.03 Å². The number of ketones is 2. The minimum atomic E-state index is -1.56. The second kappa shape index (κ2) is 8.04.